The van der Waals surface area contributed by atoms with Crippen LogP contribution in [0, 0.1) is 10.1 Å². The lowest BCUT2D eigenvalue weighted by Crippen LogP contribution is -2.26. The Morgan fingerprint density at radius 1 is 1.56 bits per heavy atom. The van der Waals surface area contributed by atoms with E-state index in [1.807, 2.05) is 0 Å². The zero-order valence-corrected chi connectivity index (χ0v) is 8.99. The molecule has 6 nitrogen and oxygen atoms in total. The van der Waals surface area contributed by atoms with Gasteiger partial charge in [-0.15, -0.1) is 0 Å². The average molecular weight is 241 g/mol. The van der Waals surface area contributed by atoms with Crippen LogP contribution in [-0.2, 0) is 0 Å². The molecule has 84 valence electrons. The maximum absolute atomic E-state index is 10.7. The largest absolute Gasteiger partial charge is 0.354 e. The van der Waals surface area contributed by atoms with Crippen molar-refractivity contribution in [1.82, 2.24) is 5.32 Å². The number of anilines is 1. The number of nitro benzene ring substituents is 1. The molecule has 7 heteroatoms. The summed E-state index contributed by atoms with van der Waals surface area (Å²) in [5, 5.41) is 16.7. The Labute approximate surface area is 96.5 Å². The summed E-state index contributed by atoms with van der Waals surface area (Å²) in [6, 6.07) is 4.53. The summed E-state index contributed by atoms with van der Waals surface area (Å²) < 4.78 is 0. The molecule has 0 spiro atoms. The van der Waals surface area contributed by atoms with E-state index in [1.54, 1.807) is 6.07 Å². The van der Waals surface area contributed by atoms with Crippen LogP contribution >= 0.6 is 11.6 Å². The molecule has 0 bridgehead atoms. The maximum Gasteiger partial charge on any atom is 0.289 e. The Hall–Kier alpha value is -1.82. The van der Waals surface area contributed by atoms with E-state index < -0.39 is 4.92 Å². The molecule has 0 aliphatic carbocycles. The van der Waals surface area contributed by atoms with Gasteiger partial charge in [-0.25, -0.2) is 0 Å². The number of hydrogen-bond acceptors (Lipinski definition) is 5. The minimum absolute atomic E-state index is 0.120. The van der Waals surface area contributed by atoms with Crippen LogP contribution in [0.1, 0.15) is 0 Å². The Bertz CT molecular complexity index is 461. The first-order chi connectivity index (χ1) is 7.66. The highest BCUT2D eigenvalue weighted by atomic mass is 35.5. The summed E-state index contributed by atoms with van der Waals surface area (Å²) in [6.07, 6.45) is 0. The molecule has 0 aromatic heterocycles. The molecule has 1 aromatic carbocycles. The van der Waals surface area contributed by atoms with Crippen LogP contribution < -0.4 is 10.6 Å². The van der Waals surface area contributed by atoms with Crippen molar-refractivity contribution in [3.63, 3.8) is 0 Å². The summed E-state index contributed by atoms with van der Waals surface area (Å²) in [5.41, 5.74) is 0.467. The Morgan fingerprint density at radius 2 is 2.38 bits per heavy atom. The SMILES string of the molecule is O=[N+]([O-])c1cc(NC2=NCCN2)ccc1Cl. The molecule has 0 fully saturated rings. The standard InChI is InChI=1S/C9H9ClN4O2/c10-7-2-1-6(5-8(7)14(15)16)13-9-11-3-4-12-9/h1-2,5H,3-4H2,(H2,11,12,13). The molecule has 16 heavy (non-hydrogen) atoms. The van der Waals surface area contributed by atoms with Gasteiger partial charge in [-0.05, 0) is 12.1 Å². The van der Waals surface area contributed by atoms with Crippen molar-refractivity contribution in [2.75, 3.05) is 18.4 Å². The van der Waals surface area contributed by atoms with E-state index in [0.29, 0.717) is 18.2 Å². The number of nitrogens with zero attached hydrogens (tertiary/aromatic N) is 2. The van der Waals surface area contributed by atoms with E-state index in [9.17, 15) is 10.1 Å². The van der Waals surface area contributed by atoms with Crippen molar-refractivity contribution >= 4 is 28.9 Å². The summed E-state index contributed by atoms with van der Waals surface area (Å²) in [6.45, 7) is 1.48. The van der Waals surface area contributed by atoms with E-state index >= 15 is 0 Å². The molecule has 1 aliphatic heterocycles. The van der Waals surface area contributed by atoms with Gasteiger partial charge < -0.3 is 10.6 Å². The van der Waals surface area contributed by atoms with Crippen LogP contribution in [0.2, 0.25) is 5.02 Å². The summed E-state index contributed by atoms with van der Waals surface area (Å²) in [5.74, 6) is 0.622. The monoisotopic (exact) mass is 240 g/mol. The first-order valence-corrected chi connectivity index (χ1v) is 5.04. The van der Waals surface area contributed by atoms with Gasteiger partial charge >= 0.3 is 0 Å². The van der Waals surface area contributed by atoms with Crippen LogP contribution in [0.3, 0.4) is 0 Å². The fourth-order valence-corrected chi connectivity index (χ4v) is 1.54. The lowest BCUT2D eigenvalue weighted by atomic mass is 10.3. The third-order valence-corrected chi connectivity index (χ3v) is 2.40. The van der Waals surface area contributed by atoms with Crippen LogP contribution in [0.15, 0.2) is 23.2 Å². The van der Waals surface area contributed by atoms with Gasteiger partial charge in [0, 0.05) is 18.3 Å². The van der Waals surface area contributed by atoms with Crippen LogP contribution in [-0.4, -0.2) is 24.0 Å². The van der Waals surface area contributed by atoms with Crippen LogP contribution in [0.5, 0.6) is 0 Å². The van der Waals surface area contributed by atoms with Crippen molar-refractivity contribution in [2.45, 2.75) is 0 Å². The van der Waals surface area contributed by atoms with Crippen LogP contribution in [0.25, 0.3) is 0 Å². The zero-order valence-electron chi connectivity index (χ0n) is 8.24. The van der Waals surface area contributed by atoms with E-state index in [0.717, 1.165) is 6.54 Å². The van der Waals surface area contributed by atoms with E-state index in [-0.39, 0.29) is 10.7 Å². The summed E-state index contributed by atoms with van der Waals surface area (Å²) >= 11 is 5.69. The molecule has 0 amide bonds. The zero-order chi connectivity index (χ0) is 11.5. The van der Waals surface area contributed by atoms with Crippen molar-refractivity contribution < 1.29 is 4.92 Å². The molecule has 1 aromatic rings. The summed E-state index contributed by atoms with van der Waals surface area (Å²) in [4.78, 5) is 14.3. The van der Waals surface area contributed by atoms with E-state index in [1.165, 1.54) is 12.1 Å². The molecule has 1 heterocycles. The second-order valence-electron chi connectivity index (χ2n) is 3.21. The highest BCUT2D eigenvalue weighted by Crippen LogP contribution is 2.27. The Morgan fingerprint density at radius 3 is 3.00 bits per heavy atom. The molecule has 0 unspecified atom stereocenters. The van der Waals surface area contributed by atoms with Gasteiger partial charge in [0.2, 0.25) is 0 Å². The molecule has 0 radical (unpaired) electrons. The molecule has 0 saturated heterocycles. The number of nitro groups is 1. The fraction of sp³-hybridized carbons (Fsp3) is 0.222. The number of hydrogen-bond donors (Lipinski definition) is 2. The second-order valence-corrected chi connectivity index (χ2v) is 3.61. The van der Waals surface area contributed by atoms with Crippen molar-refractivity contribution in [3.8, 4) is 0 Å². The predicted molar refractivity (Wildman–Crippen MR) is 62.0 cm³/mol. The molecular formula is C9H9ClN4O2. The van der Waals surface area contributed by atoms with Gasteiger partial charge in [-0.2, -0.15) is 0 Å². The molecule has 0 atom stereocenters. The number of benzene rings is 1. The Kier molecular flexibility index (Phi) is 2.91. The van der Waals surface area contributed by atoms with E-state index in [4.69, 9.17) is 11.6 Å². The van der Waals surface area contributed by atoms with Crippen molar-refractivity contribution in [3.05, 3.63) is 33.3 Å². The smallest absolute Gasteiger partial charge is 0.289 e. The van der Waals surface area contributed by atoms with Crippen molar-refractivity contribution in [1.29, 1.82) is 0 Å². The minimum atomic E-state index is -0.516. The van der Waals surface area contributed by atoms with Gasteiger partial charge in [-0.3, -0.25) is 15.1 Å². The van der Waals surface area contributed by atoms with Gasteiger partial charge in [0.1, 0.15) is 5.02 Å². The number of guanidine groups is 1. The number of aliphatic imine (C=N–C) groups is 1. The quantitative estimate of drug-likeness (QED) is 0.608. The van der Waals surface area contributed by atoms with E-state index in [2.05, 4.69) is 15.6 Å². The minimum Gasteiger partial charge on any atom is -0.354 e. The molecule has 2 N–H and O–H groups in total. The number of nitrogens with one attached hydrogen (secondary N) is 2. The van der Waals surface area contributed by atoms with Gasteiger partial charge in [0.25, 0.3) is 5.69 Å². The topological polar surface area (TPSA) is 79.6 Å². The highest BCUT2D eigenvalue weighted by molar-refractivity contribution is 6.32. The second kappa shape index (κ2) is 4.36. The molecule has 0 saturated carbocycles. The first kappa shape index (κ1) is 10.7. The third kappa shape index (κ3) is 2.22. The maximum atomic E-state index is 10.7. The van der Waals surface area contributed by atoms with Gasteiger partial charge in [0.05, 0.1) is 11.5 Å². The Balaban J connectivity index is 2.22. The van der Waals surface area contributed by atoms with Gasteiger partial charge in [0.15, 0.2) is 5.96 Å². The molecule has 2 rings (SSSR count). The molecule has 1 aliphatic rings. The number of rotatable bonds is 2. The predicted octanol–water partition coefficient (Wildman–Crippen LogP) is 1.62. The number of halogens is 1. The third-order valence-electron chi connectivity index (χ3n) is 2.08. The molecular weight excluding hydrogens is 232 g/mol. The average Bonchev–Trinajstić information content (AvgIpc) is 2.73. The van der Waals surface area contributed by atoms with Crippen LogP contribution in [0.4, 0.5) is 11.4 Å². The van der Waals surface area contributed by atoms with Crippen molar-refractivity contribution in [2.24, 2.45) is 4.99 Å². The first-order valence-electron chi connectivity index (χ1n) is 4.66. The lowest BCUT2D eigenvalue weighted by Gasteiger charge is -2.06. The normalized spacial score (nSPS) is 14.2. The summed E-state index contributed by atoms with van der Waals surface area (Å²) in [7, 11) is 0. The van der Waals surface area contributed by atoms with Gasteiger partial charge in [-0.1, -0.05) is 11.6 Å². The lowest BCUT2D eigenvalue weighted by molar-refractivity contribution is -0.384. The highest BCUT2D eigenvalue weighted by Gasteiger charge is 2.13. The fourth-order valence-electron chi connectivity index (χ4n) is 1.35.